The fourth-order valence-corrected chi connectivity index (χ4v) is 7.22. The van der Waals surface area contributed by atoms with E-state index in [1.165, 1.54) is 176 Å². The summed E-state index contributed by atoms with van der Waals surface area (Å²) in [5, 5.41) is 14.3. The van der Waals surface area contributed by atoms with Crippen LogP contribution in [0.25, 0.3) is 10.8 Å². The van der Waals surface area contributed by atoms with Crippen LogP contribution in [-0.2, 0) is 12.8 Å². The molecule has 0 bridgehead atoms. The number of hydrogen-bond acceptors (Lipinski definition) is 2. The monoisotopic (exact) mass is 578 g/mol. The van der Waals surface area contributed by atoms with Crippen molar-refractivity contribution in [2.24, 2.45) is 0 Å². The lowest BCUT2D eigenvalue weighted by molar-refractivity contribution is 0.111. The smallest absolute Gasteiger partial charge is 0.0923 e. The highest BCUT2D eigenvalue weighted by Gasteiger charge is 2.20. The fraction of sp³-hybridized carbons (Fsp3) is 0.750. The van der Waals surface area contributed by atoms with Gasteiger partial charge in [-0.25, -0.2) is 0 Å². The normalized spacial score (nSPS) is 14.1. The molecule has 3 rings (SSSR count). The van der Waals surface area contributed by atoms with Crippen LogP contribution in [0, 0.1) is 0 Å². The van der Waals surface area contributed by atoms with Crippen LogP contribution in [0.2, 0.25) is 0 Å². The van der Waals surface area contributed by atoms with Crippen LogP contribution < -0.4 is 0 Å². The number of nitrogens with zero attached hydrogens (tertiary/aromatic N) is 1. The summed E-state index contributed by atoms with van der Waals surface area (Å²) >= 11 is 0. The SMILES string of the molecule is CCCCCCCCCCCCN(CCCCCCCCCCCC)C[C@@H](O)c1cc2c(c3ccccc13)CCCC2. The first-order valence-electron chi connectivity index (χ1n) is 18.7. The van der Waals surface area contributed by atoms with Crippen LogP contribution in [0.5, 0.6) is 0 Å². The lowest BCUT2D eigenvalue weighted by Gasteiger charge is -2.27. The third kappa shape index (κ3) is 13.1. The van der Waals surface area contributed by atoms with Crippen LogP contribution in [0.15, 0.2) is 30.3 Å². The minimum Gasteiger partial charge on any atom is -0.387 e. The first-order valence-corrected chi connectivity index (χ1v) is 18.7. The maximum absolute atomic E-state index is 11.7. The van der Waals surface area contributed by atoms with Gasteiger partial charge in [0, 0.05) is 6.54 Å². The van der Waals surface area contributed by atoms with Crippen molar-refractivity contribution in [3.63, 3.8) is 0 Å². The van der Waals surface area contributed by atoms with E-state index < -0.39 is 6.10 Å². The first kappa shape index (κ1) is 35.1. The lowest BCUT2D eigenvalue weighted by atomic mass is 9.84. The highest BCUT2D eigenvalue weighted by Crippen LogP contribution is 2.34. The summed E-state index contributed by atoms with van der Waals surface area (Å²) in [5.74, 6) is 0. The van der Waals surface area contributed by atoms with Gasteiger partial charge in [0.05, 0.1) is 6.10 Å². The molecule has 0 fully saturated rings. The summed E-state index contributed by atoms with van der Waals surface area (Å²) in [5.41, 5.74) is 4.20. The summed E-state index contributed by atoms with van der Waals surface area (Å²) in [7, 11) is 0. The molecule has 238 valence electrons. The van der Waals surface area contributed by atoms with Gasteiger partial charge in [-0.2, -0.15) is 0 Å². The highest BCUT2D eigenvalue weighted by molar-refractivity contribution is 5.90. The highest BCUT2D eigenvalue weighted by atomic mass is 16.3. The Labute approximate surface area is 261 Å². The van der Waals surface area contributed by atoms with Crippen LogP contribution >= 0.6 is 0 Å². The Morgan fingerprint density at radius 1 is 0.595 bits per heavy atom. The van der Waals surface area contributed by atoms with E-state index in [-0.39, 0.29) is 0 Å². The molecule has 0 heterocycles. The Morgan fingerprint density at radius 2 is 1.05 bits per heavy atom. The van der Waals surface area contributed by atoms with E-state index in [2.05, 4.69) is 49.1 Å². The van der Waals surface area contributed by atoms with Crippen molar-refractivity contribution in [2.45, 2.75) is 174 Å². The van der Waals surface area contributed by atoms with E-state index >= 15 is 0 Å². The largest absolute Gasteiger partial charge is 0.387 e. The van der Waals surface area contributed by atoms with Gasteiger partial charge in [-0.1, -0.05) is 160 Å². The molecule has 1 aliphatic carbocycles. The molecule has 0 radical (unpaired) electrons. The summed E-state index contributed by atoms with van der Waals surface area (Å²) in [6.45, 7) is 7.64. The maximum atomic E-state index is 11.7. The number of fused-ring (bicyclic) bond motifs is 3. The minimum absolute atomic E-state index is 0.409. The minimum atomic E-state index is -0.409. The van der Waals surface area contributed by atoms with E-state index in [4.69, 9.17) is 0 Å². The van der Waals surface area contributed by atoms with Crippen molar-refractivity contribution in [1.82, 2.24) is 4.90 Å². The molecule has 1 N–H and O–H groups in total. The Hall–Kier alpha value is -1.38. The van der Waals surface area contributed by atoms with Crippen LogP contribution in [0.3, 0.4) is 0 Å². The molecule has 0 unspecified atom stereocenters. The van der Waals surface area contributed by atoms with Crippen LogP contribution in [-0.4, -0.2) is 29.6 Å². The van der Waals surface area contributed by atoms with Gasteiger partial charge < -0.3 is 10.0 Å². The summed E-state index contributed by atoms with van der Waals surface area (Å²) in [6, 6.07) is 11.2. The number of benzene rings is 2. The zero-order valence-corrected chi connectivity index (χ0v) is 28.0. The number of aryl methyl sites for hydroxylation is 2. The van der Waals surface area contributed by atoms with E-state index in [0.717, 1.165) is 19.6 Å². The molecule has 0 amide bonds. The number of unbranched alkanes of at least 4 members (excludes halogenated alkanes) is 18. The topological polar surface area (TPSA) is 23.5 Å². The summed E-state index contributed by atoms with van der Waals surface area (Å²) < 4.78 is 0. The Bertz CT molecular complexity index is 928. The van der Waals surface area contributed by atoms with Crippen molar-refractivity contribution in [2.75, 3.05) is 19.6 Å². The quantitative estimate of drug-likeness (QED) is 0.119. The molecule has 2 heteroatoms. The third-order valence-corrected chi connectivity index (χ3v) is 9.85. The van der Waals surface area contributed by atoms with Crippen LogP contribution in [0.1, 0.15) is 178 Å². The molecule has 2 nitrogen and oxygen atoms in total. The van der Waals surface area contributed by atoms with E-state index in [0.29, 0.717) is 0 Å². The van der Waals surface area contributed by atoms with Gasteiger partial charge in [0.15, 0.2) is 0 Å². The van der Waals surface area contributed by atoms with Gasteiger partial charge in [-0.05, 0) is 79.1 Å². The zero-order chi connectivity index (χ0) is 29.7. The first-order chi connectivity index (χ1) is 20.7. The standard InChI is InChI=1S/C40H67NO/c1-3-5-7-9-11-13-15-17-19-25-31-41(32-26-20-18-16-14-12-10-8-6-4-2)34-40(42)39-33-35-27-21-22-28-36(35)37-29-23-24-30-38(37)39/h23-24,29-30,33,40,42H,3-22,25-28,31-32,34H2,1-2H3/t40-/m1/s1. The molecule has 2 aromatic carbocycles. The van der Waals surface area contributed by atoms with Crippen molar-refractivity contribution in [3.8, 4) is 0 Å². The molecule has 2 aromatic rings. The van der Waals surface area contributed by atoms with Crippen molar-refractivity contribution in [3.05, 3.63) is 47.0 Å². The van der Waals surface area contributed by atoms with Gasteiger partial charge in [-0.15, -0.1) is 0 Å². The lowest BCUT2D eigenvalue weighted by Crippen LogP contribution is -2.31. The maximum Gasteiger partial charge on any atom is 0.0923 e. The van der Waals surface area contributed by atoms with Gasteiger partial charge in [0.25, 0.3) is 0 Å². The zero-order valence-electron chi connectivity index (χ0n) is 28.0. The Morgan fingerprint density at radius 3 is 1.57 bits per heavy atom. The number of aliphatic hydroxyl groups is 1. The average molecular weight is 578 g/mol. The molecule has 42 heavy (non-hydrogen) atoms. The summed E-state index contributed by atoms with van der Waals surface area (Å²) in [4.78, 5) is 2.61. The molecular weight excluding hydrogens is 510 g/mol. The molecule has 0 saturated heterocycles. The molecule has 0 aromatic heterocycles. The molecule has 0 aliphatic heterocycles. The van der Waals surface area contributed by atoms with E-state index in [1.54, 1.807) is 5.56 Å². The molecule has 1 aliphatic rings. The predicted molar refractivity (Wildman–Crippen MR) is 186 cm³/mol. The fourth-order valence-electron chi connectivity index (χ4n) is 7.22. The van der Waals surface area contributed by atoms with Gasteiger partial charge in [-0.3, -0.25) is 0 Å². The molecule has 0 spiro atoms. The van der Waals surface area contributed by atoms with Crippen molar-refractivity contribution < 1.29 is 5.11 Å². The Kier molecular flexibility index (Phi) is 18.5. The molecular formula is C40H67NO. The van der Waals surface area contributed by atoms with E-state index in [1.807, 2.05) is 0 Å². The molecule has 1 atom stereocenters. The number of rotatable bonds is 25. The second kappa shape index (κ2) is 22.2. The second-order valence-corrected chi connectivity index (χ2v) is 13.5. The number of hydrogen-bond donors (Lipinski definition) is 1. The average Bonchev–Trinajstić information content (AvgIpc) is 3.02. The predicted octanol–water partition coefficient (Wildman–Crippen LogP) is 11.9. The van der Waals surface area contributed by atoms with Crippen molar-refractivity contribution >= 4 is 10.8 Å². The second-order valence-electron chi connectivity index (χ2n) is 13.5. The van der Waals surface area contributed by atoms with E-state index in [9.17, 15) is 5.11 Å². The van der Waals surface area contributed by atoms with Crippen LogP contribution in [0.4, 0.5) is 0 Å². The van der Waals surface area contributed by atoms with Crippen molar-refractivity contribution in [1.29, 1.82) is 0 Å². The third-order valence-electron chi connectivity index (χ3n) is 9.85. The Balaban J connectivity index is 1.48. The number of aliphatic hydroxyl groups excluding tert-OH is 1. The van der Waals surface area contributed by atoms with Gasteiger partial charge in [0.1, 0.15) is 0 Å². The molecule has 0 saturated carbocycles. The van der Waals surface area contributed by atoms with Gasteiger partial charge in [0.2, 0.25) is 0 Å². The van der Waals surface area contributed by atoms with Gasteiger partial charge >= 0.3 is 0 Å². The summed E-state index contributed by atoms with van der Waals surface area (Å²) in [6.07, 6.45) is 32.1.